The summed E-state index contributed by atoms with van der Waals surface area (Å²) in [6.07, 6.45) is 17.2. The van der Waals surface area contributed by atoms with Crippen molar-refractivity contribution in [1.82, 2.24) is 0 Å². The van der Waals surface area contributed by atoms with Crippen LogP contribution < -0.4 is 0 Å². The minimum Gasteiger partial charge on any atom is -0.381 e. The fourth-order valence-electron chi connectivity index (χ4n) is 2.39. The molecule has 1 nitrogen and oxygen atoms in total. The van der Waals surface area contributed by atoms with Gasteiger partial charge in [0.2, 0.25) is 0 Å². The second kappa shape index (κ2) is 10.8. The molecule has 0 aromatic rings. The van der Waals surface area contributed by atoms with Crippen LogP contribution in [0.2, 0.25) is 0 Å². The van der Waals surface area contributed by atoms with Crippen molar-refractivity contribution in [3.63, 3.8) is 0 Å². The van der Waals surface area contributed by atoms with Gasteiger partial charge in [0.25, 0.3) is 0 Å². The lowest BCUT2D eigenvalue weighted by Gasteiger charge is -2.06. The molecule has 0 atom stereocenters. The van der Waals surface area contributed by atoms with Gasteiger partial charge in [-0.1, -0.05) is 43.8 Å². The summed E-state index contributed by atoms with van der Waals surface area (Å²) in [7, 11) is 0. The van der Waals surface area contributed by atoms with E-state index < -0.39 is 0 Å². The summed E-state index contributed by atoms with van der Waals surface area (Å²) in [5.41, 5.74) is 1.60. The molecule has 100 valence electrons. The van der Waals surface area contributed by atoms with Crippen LogP contribution >= 0.6 is 0 Å². The molecule has 0 spiro atoms. The lowest BCUT2D eigenvalue weighted by atomic mass is 10.0. The van der Waals surface area contributed by atoms with Crippen molar-refractivity contribution in [3.8, 4) is 0 Å². The molecule has 0 bridgehead atoms. The Bertz CT molecular complexity index is 196. The molecule has 1 heterocycles. The van der Waals surface area contributed by atoms with Gasteiger partial charge in [-0.3, -0.25) is 0 Å². The van der Waals surface area contributed by atoms with Crippen molar-refractivity contribution in [3.05, 3.63) is 11.6 Å². The first kappa shape index (κ1) is 14.8. The fraction of sp³-hybridized carbons (Fsp3) is 0.875. The van der Waals surface area contributed by atoms with Gasteiger partial charge in [0.05, 0.1) is 0 Å². The first-order chi connectivity index (χ1) is 8.39. The Kier molecular flexibility index (Phi) is 9.40. The molecule has 0 saturated heterocycles. The van der Waals surface area contributed by atoms with Crippen LogP contribution in [0.5, 0.6) is 0 Å². The van der Waals surface area contributed by atoms with E-state index >= 15 is 0 Å². The van der Waals surface area contributed by atoms with E-state index in [1.165, 1.54) is 70.6 Å². The van der Waals surface area contributed by atoms with Gasteiger partial charge in [0.15, 0.2) is 0 Å². The third kappa shape index (κ3) is 9.41. The molecular weight excluding hydrogens is 208 g/mol. The van der Waals surface area contributed by atoms with E-state index in [2.05, 4.69) is 13.0 Å². The maximum absolute atomic E-state index is 5.64. The van der Waals surface area contributed by atoms with E-state index in [-0.39, 0.29) is 0 Å². The molecule has 0 radical (unpaired) electrons. The molecule has 0 aromatic heterocycles. The maximum atomic E-state index is 5.64. The van der Waals surface area contributed by atoms with Gasteiger partial charge in [0.1, 0.15) is 0 Å². The molecule has 0 N–H and O–H groups in total. The van der Waals surface area contributed by atoms with Gasteiger partial charge in [-0.2, -0.15) is 0 Å². The monoisotopic (exact) mass is 238 g/mol. The van der Waals surface area contributed by atoms with Crippen LogP contribution in [-0.4, -0.2) is 13.2 Å². The average Bonchev–Trinajstić information content (AvgIpc) is 2.32. The number of hydrogen-bond donors (Lipinski definition) is 0. The van der Waals surface area contributed by atoms with Crippen molar-refractivity contribution < 1.29 is 4.74 Å². The van der Waals surface area contributed by atoms with E-state index in [4.69, 9.17) is 4.74 Å². The second-order valence-electron chi connectivity index (χ2n) is 5.38. The van der Waals surface area contributed by atoms with Gasteiger partial charge in [0, 0.05) is 13.2 Å². The van der Waals surface area contributed by atoms with E-state index in [1.54, 1.807) is 5.57 Å². The Balaban J connectivity index is 2.18. The van der Waals surface area contributed by atoms with Crippen molar-refractivity contribution in [2.45, 2.75) is 77.6 Å². The molecule has 0 fully saturated rings. The molecule has 0 saturated carbocycles. The van der Waals surface area contributed by atoms with Crippen LogP contribution in [0.25, 0.3) is 0 Å². The zero-order valence-electron chi connectivity index (χ0n) is 11.7. The average molecular weight is 238 g/mol. The maximum Gasteiger partial charge on any atom is 0.0466 e. The molecule has 1 rings (SSSR count). The Morgan fingerprint density at radius 3 is 2.12 bits per heavy atom. The zero-order chi connectivity index (χ0) is 12.2. The standard InChI is InChI=1S/C16H30O/c1-16-12-8-5-3-2-4-6-10-14-17-15-11-7-9-13-16/h13H,2-12,14-15H2,1H3/b16-13+. The molecule has 0 amide bonds. The van der Waals surface area contributed by atoms with E-state index in [0.29, 0.717) is 0 Å². The molecular formula is C16H30O. The lowest BCUT2D eigenvalue weighted by Crippen LogP contribution is -1.97. The molecule has 1 heteroatoms. The normalized spacial score (nSPS) is 26.1. The molecule has 17 heavy (non-hydrogen) atoms. The Morgan fingerprint density at radius 2 is 1.35 bits per heavy atom. The number of hydrogen-bond acceptors (Lipinski definition) is 1. The van der Waals surface area contributed by atoms with Gasteiger partial charge in [-0.05, 0) is 45.4 Å². The summed E-state index contributed by atoms with van der Waals surface area (Å²) in [5.74, 6) is 0. The molecule has 0 unspecified atom stereocenters. The van der Waals surface area contributed by atoms with Gasteiger partial charge in [-0.25, -0.2) is 0 Å². The van der Waals surface area contributed by atoms with Gasteiger partial charge >= 0.3 is 0 Å². The summed E-state index contributed by atoms with van der Waals surface area (Å²) in [6.45, 7) is 4.24. The number of rotatable bonds is 0. The number of allylic oxidation sites excluding steroid dienone is 2. The largest absolute Gasteiger partial charge is 0.381 e. The van der Waals surface area contributed by atoms with Crippen molar-refractivity contribution >= 4 is 0 Å². The third-order valence-corrected chi connectivity index (χ3v) is 3.60. The third-order valence-electron chi connectivity index (χ3n) is 3.60. The van der Waals surface area contributed by atoms with E-state index in [1.807, 2.05) is 0 Å². The van der Waals surface area contributed by atoms with E-state index in [9.17, 15) is 0 Å². The first-order valence-electron chi connectivity index (χ1n) is 7.63. The minimum absolute atomic E-state index is 0.965. The lowest BCUT2D eigenvalue weighted by molar-refractivity contribution is 0.126. The van der Waals surface area contributed by atoms with Crippen LogP contribution in [0.3, 0.4) is 0 Å². The SMILES string of the molecule is C/C1=C\CCCCOCCCCCCCCC1. The second-order valence-corrected chi connectivity index (χ2v) is 5.38. The molecule has 0 aromatic carbocycles. The van der Waals surface area contributed by atoms with Gasteiger partial charge < -0.3 is 4.74 Å². The quantitative estimate of drug-likeness (QED) is 0.523. The van der Waals surface area contributed by atoms with E-state index in [0.717, 1.165) is 13.2 Å². The highest BCUT2D eigenvalue weighted by Crippen LogP contribution is 2.13. The highest BCUT2D eigenvalue weighted by molar-refractivity contribution is 4.97. The predicted molar refractivity (Wildman–Crippen MR) is 75.4 cm³/mol. The summed E-state index contributed by atoms with van der Waals surface area (Å²) in [6, 6.07) is 0. The highest BCUT2D eigenvalue weighted by Gasteiger charge is 1.96. The van der Waals surface area contributed by atoms with Crippen LogP contribution in [0, 0.1) is 0 Å². The molecule has 1 aliphatic rings. The topological polar surface area (TPSA) is 9.23 Å². The fourth-order valence-corrected chi connectivity index (χ4v) is 2.39. The van der Waals surface area contributed by atoms with Crippen molar-refractivity contribution in [1.29, 1.82) is 0 Å². The highest BCUT2D eigenvalue weighted by atomic mass is 16.5. The summed E-state index contributed by atoms with van der Waals surface area (Å²) in [4.78, 5) is 0. The Labute approximate surface area is 108 Å². The minimum atomic E-state index is 0.965. The summed E-state index contributed by atoms with van der Waals surface area (Å²) >= 11 is 0. The summed E-state index contributed by atoms with van der Waals surface area (Å²) in [5, 5.41) is 0. The summed E-state index contributed by atoms with van der Waals surface area (Å²) < 4.78 is 5.64. The van der Waals surface area contributed by atoms with Crippen molar-refractivity contribution in [2.24, 2.45) is 0 Å². The van der Waals surface area contributed by atoms with Crippen LogP contribution in [0.1, 0.15) is 77.6 Å². The molecule has 1 aliphatic heterocycles. The number of ether oxygens (including phenoxy) is 1. The first-order valence-corrected chi connectivity index (χ1v) is 7.63. The Hall–Kier alpha value is -0.300. The zero-order valence-corrected chi connectivity index (χ0v) is 11.7. The Morgan fingerprint density at radius 1 is 0.765 bits per heavy atom. The van der Waals surface area contributed by atoms with Crippen LogP contribution in [0.15, 0.2) is 11.6 Å². The molecule has 0 aliphatic carbocycles. The van der Waals surface area contributed by atoms with Crippen LogP contribution in [0.4, 0.5) is 0 Å². The van der Waals surface area contributed by atoms with Crippen molar-refractivity contribution in [2.75, 3.05) is 13.2 Å². The van der Waals surface area contributed by atoms with Crippen LogP contribution in [-0.2, 0) is 4.74 Å². The smallest absolute Gasteiger partial charge is 0.0466 e. The van der Waals surface area contributed by atoms with Gasteiger partial charge in [-0.15, -0.1) is 0 Å². The predicted octanol–water partition coefficient (Wildman–Crippen LogP) is 5.25.